The Balaban J connectivity index is 1.20. The summed E-state index contributed by atoms with van der Waals surface area (Å²) < 4.78 is 4.88. The minimum atomic E-state index is 0.0946. The van der Waals surface area contributed by atoms with Gasteiger partial charge >= 0.3 is 0 Å². The fourth-order valence-electron chi connectivity index (χ4n) is 7.51. The number of rotatable bonds is 4. The van der Waals surface area contributed by atoms with E-state index in [0.717, 1.165) is 12.8 Å². The fourth-order valence-corrected chi connectivity index (χ4v) is 7.51. The normalized spacial score (nSPS) is 15.3. The van der Waals surface area contributed by atoms with Crippen molar-refractivity contribution < 1.29 is 0 Å². The summed E-state index contributed by atoms with van der Waals surface area (Å²) in [7, 11) is 0. The number of benzene rings is 5. The van der Waals surface area contributed by atoms with Crippen LogP contribution in [0.1, 0.15) is 37.1 Å². The first-order valence-corrected chi connectivity index (χ1v) is 16.0. The van der Waals surface area contributed by atoms with Gasteiger partial charge in [-0.3, -0.25) is 0 Å². The van der Waals surface area contributed by atoms with Crippen LogP contribution < -0.4 is 0 Å². The van der Waals surface area contributed by atoms with Crippen molar-refractivity contribution in [2.45, 2.75) is 26.7 Å². The zero-order chi connectivity index (χ0) is 30.1. The molecule has 0 bridgehead atoms. The SMILES string of the molecule is CC1(C)C=CC(c2cccc(-n3c4ccccc4c4cc(-c5ccc6c(c5)c5c(n6-c6ccccc6)CCC=C5)ccc43)c2)=C1. The van der Waals surface area contributed by atoms with Gasteiger partial charge in [-0.05, 0) is 89.7 Å². The molecule has 0 saturated carbocycles. The van der Waals surface area contributed by atoms with Gasteiger partial charge in [0.25, 0.3) is 0 Å². The summed E-state index contributed by atoms with van der Waals surface area (Å²) in [5, 5.41) is 3.87. The third-order valence-corrected chi connectivity index (χ3v) is 9.62. The molecule has 0 N–H and O–H groups in total. The van der Waals surface area contributed by atoms with Crippen molar-refractivity contribution in [3.05, 3.63) is 156 Å². The largest absolute Gasteiger partial charge is 0.313 e. The van der Waals surface area contributed by atoms with Crippen molar-refractivity contribution in [3.8, 4) is 22.5 Å². The molecule has 2 heteroatoms. The molecule has 0 amide bonds. The average molecular weight is 579 g/mol. The Bertz CT molecular complexity index is 2390. The van der Waals surface area contributed by atoms with E-state index in [4.69, 9.17) is 0 Å². The molecule has 0 radical (unpaired) electrons. The fraction of sp³-hybridized carbons (Fsp3) is 0.116. The van der Waals surface area contributed by atoms with Crippen LogP contribution in [-0.4, -0.2) is 9.13 Å². The molecule has 7 aromatic rings. The summed E-state index contributed by atoms with van der Waals surface area (Å²) in [6, 6.07) is 42.6. The zero-order valence-corrected chi connectivity index (χ0v) is 25.7. The number of fused-ring (bicyclic) bond motifs is 6. The topological polar surface area (TPSA) is 9.86 Å². The van der Waals surface area contributed by atoms with Crippen LogP contribution in [0, 0.1) is 5.41 Å². The maximum absolute atomic E-state index is 2.46. The maximum atomic E-state index is 2.46. The summed E-state index contributed by atoms with van der Waals surface area (Å²) in [4.78, 5) is 0. The molecule has 0 fully saturated rings. The molecule has 0 spiro atoms. The summed E-state index contributed by atoms with van der Waals surface area (Å²) >= 11 is 0. The lowest BCUT2D eigenvalue weighted by atomic mass is 9.95. The van der Waals surface area contributed by atoms with Crippen LogP contribution in [0.2, 0.25) is 0 Å². The Morgan fingerprint density at radius 2 is 1.27 bits per heavy atom. The van der Waals surface area contributed by atoms with Gasteiger partial charge in [-0.2, -0.15) is 0 Å². The van der Waals surface area contributed by atoms with Crippen molar-refractivity contribution in [1.29, 1.82) is 0 Å². The molecule has 2 aromatic heterocycles. The van der Waals surface area contributed by atoms with E-state index in [9.17, 15) is 0 Å². The first-order chi connectivity index (χ1) is 22.0. The summed E-state index contributed by atoms with van der Waals surface area (Å²) in [6.45, 7) is 4.51. The van der Waals surface area contributed by atoms with E-state index in [1.165, 1.54) is 77.6 Å². The number of aromatic nitrogens is 2. The van der Waals surface area contributed by atoms with Crippen LogP contribution in [0.25, 0.3) is 66.9 Å². The van der Waals surface area contributed by atoms with E-state index in [-0.39, 0.29) is 5.41 Å². The predicted octanol–water partition coefficient (Wildman–Crippen LogP) is 11.3. The first-order valence-electron chi connectivity index (χ1n) is 16.0. The minimum Gasteiger partial charge on any atom is -0.313 e. The first kappa shape index (κ1) is 26.1. The van der Waals surface area contributed by atoms with Crippen molar-refractivity contribution in [3.63, 3.8) is 0 Å². The molecule has 45 heavy (non-hydrogen) atoms. The lowest BCUT2D eigenvalue weighted by molar-refractivity contribution is 0.637. The Kier molecular flexibility index (Phi) is 5.70. The monoisotopic (exact) mass is 578 g/mol. The average Bonchev–Trinajstić information content (AvgIpc) is 3.73. The molecule has 0 atom stereocenters. The van der Waals surface area contributed by atoms with Crippen molar-refractivity contribution in [1.82, 2.24) is 9.13 Å². The number of allylic oxidation sites excluding steroid dienone is 5. The number of hydrogen-bond donors (Lipinski definition) is 0. The molecule has 9 rings (SSSR count). The predicted molar refractivity (Wildman–Crippen MR) is 191 cm³/mol. The van der Waals surface area contributed by atoms with Crippen molar-refractivity contribution >= 4 is 44.4 Å². The van der Waals surface area contributed by atoms with Gasteiger partial charge in [-0.25, -0.2) is 0 Å². The molecule has 2 aliphatic rings. The van der Waals surface area contributed by atoms with Crippen LogP contribution >= 0.6 is 0 Å². The highest BCUT2D eigenvalue weighted by molar-refractivity contribution is 6.10. The third-order valence-electron chi connectivity index (χ3n) is 9.62. The Labute approximate surface area is 263 Å². The van der Waals surface area contributed by atoms with Gasteiger partial charge < -0.3 is 9.13 Å². The second-order valence-electron chi connectivity index (χ2n) is 13.1. The summed E-state index contributed by atoms with van der Waals surface area (Å²) in [6.07, 6.45) is 13.7. The van der Waals surface area contributed by atoms with E-state index in [0.29, 0.717) is 0 Å². The highest BCUT2D eigenvalue weighted by Crippen LogP contribution is 2.40. The lowest BCUT2D eigenvalue weighted by Gasteiger charge is -2.13. The molecule has 0 unspecified atom stereocenters. The van der Waals surface area contributed by atoms with Crippen LogP contribution in [0.5, 0.6) is 0 Å². The molecule has 5 aromatic carbocycles. The lowest BCUT2D eigenvalue weighted by Crippen LogP contribution is -2.02. The van der Waals surface area contributed by atoms with Crippen molar-refractivity contribution in [2.75, 3.05) is 0 Å². The van der Waals surface area contributed by atoms with Crippen LogP contribution in [-0.2, 0) is 6.42 Å². The second-order valence-corrected chi connectivity index (χ2v) is 13.1. The van der Waals surface area contributed by atoms with E-state index < -0.39 is 0 Å². The standard InChI is InChI=1S/C43H34N2/c1-43(2)24-23-32(28-43)29-11-10-14-34(25-29)45-40-18-9-7-16-36(40)38-27-31(20-22-42(38)45)30-19-21-41-37(26-30)35-15-6-8-17-39(35)44(41)33-12-4-3-5-13-33/h3-7,9-16,18-28H,8,17H2,1-2H3. The third kappa shape index (κ3) is 4.17. The summed E-state index contributed by atoms with van der Waals surface area (Å²) in [5.74, 6) is 0. The molecule has 2 aliphatic carbocycles. The van der Waals surface area contributed by atoms with Gasteiger partial charge in [-0.15, -0.1) is 0 Å². The smallest absolute Gasteiger partial charge is 0.0541 e. The van der Waals surface area contributed by atoms with Crippen molar-refractivity contribution in [2.24, 2.45) is 5.41 Å². The maximum Gasteiger partial charge on any atom is 0.0541 e. The van der Waals surface area contributed by atoms with Crippen LogP contribution in [0.4, 0.5) is 0 Å². The van der Waals surface area contributed by atoms with Gasteiger partial charge in [0.1, 0.15) is 0 Å². The van der Waals surface area contributed by atoms with Crippen LogP contribution in [0.3, 0.4) is 0 Å². The van der Waals surface area contributed by atoms with E-state index >= 15 is 0 Å². The zero-order valence-electron chi connectivity index (χ0n) is 25.7. The summed E-state index contributed by atoms with van der Waals surface area (Å²) in [5.41, 5.74) is 14.0. The highest BCUT2D eigenvalue weighted by atomic mass is 15.0. The van der Waals surface area contributed by atoms with E-state index in [2.05, 4.69) is 169 Å². The molecule has 216 valence electrons. The Morgan fingerprint density at radius 3 is 2.07 bits per heavy atom. The molecular formula is C43H34N2. The number of nitrogens with zero attached hydrogens (tertiary/aromatic N) is 2. The molecule has 2 nitrogen and oxygen atoms in total. The Hall–Kier alpha value is -5.34. The van der Waals surface area contributed by atoms with E-state index in [1.54, 1.807) is 0 Å². The second kappa shape index (κ2) is 9.84. The molecular weight excluding hydrogens is 544 g/mol. The molecule has 2 heterocycles. The Morgan fingerprint density at radius 1 is 0.556 bits per heavy atom. The van der Waals surface area contributed by atoms with Gasteiger partial charge in [0.15, 0.2) is 0 Å². The van der Waals surface area contributed by atoms with Crippen LogP contribution in [0.15, 0.2) is 140 Å². The number of hydrogen-bond acceptors (Lipinski definition) is 0. The quantitative estimate of drug-likeness (QED) is 0.197. The molecule has 0 saturated heterocycles. The van der Waals surface area contributed by atoms with Gasteiger partial charge in [-0.1, -0.05) is 105 Å². The van der Waals surface area contributed by atoms with Gasteiger partial charge in [0.05, 0.1) is 16.6 Å². The molecule has 0 aliphatic heterocycles. The highest BCUT2D eigenvalue weighted by Gasteiger charge is 2.21. The minimum absolute atomic E-state index is 0.0946. The van der Waals surface area contributed by atoms with Gasteiger partial charge in [0, 0.05) is 44.2 Å². The van der Waals surface area contributed by atoms with Gasteiger partial charge in [0.2, 0.25) is 0 Å². The van der Waals surface area contributed by atoms with E-state index in [1.807, 2.05) is 0 Å². The number of para-hydroxylation sites is 2.